The summed E-state index contributed by atoms with van der Waals surface area (Å²) in [7, 11) is -3.72. The van der Waals surface area contributed by atoms with Gasteiger partial charge in [-0.2, -0.15) is 0 Å². The van der Waals surface area contributed by atoms with Gasteiger partial charge in [0.2, 0.25) is 10.0 Å². The third kappa shape index (κ3) is 4.07. The lowest BCUT2D eigenvalue weighted by Gasteiger charge is -2.12. The Morgan fingerprint density at radius 2 is 1.80 bits per heavy atom. The number of fused-ring (bicyclic) bond motifs is 1. The molecule has 0 aliphatic carbocycles. The number of pyridine rings is 1. The number of hydrogen-bond acceptors (Lipinski definition) is 6. The molecule has 0 saturated heterocycles. The first-order valence-electron chi connectivity index (χ1n) is 9.28. The lowest BCUT2D eigenvalue weighted by Crippen LogP contribution is -2.24. The van der Waals surface area contributed by atoms with Crippen molar-refractivity contribution in [3.63, 3.8) is 0 Å². The van der Waals surface area contributed by atoms with E-state index in [9.17, 15) is 8.42 Å². The van der Waals surface area contributed by atoms with Crippen LogP contribution in [0, 0.1) is 6.92 Å². The van der Waals surface area contributed by atoms with Gasteiger partial charge in [-0.05, 0) is 36.4 Å². The molecule has 2 aromatic carbocycles. The van der Waals surface area contributed by atoms with Crippen LogP contribution in [0.2, 0.25) is 0 Å². The molecule has 6 nitrogen and oxygen atoms in total. The van der Waals surface area contributed by atoms with Gasteiger partial charge < -0.3 is 0 Å². The van der Waals surface area contributed by atoms with E-state index >= 15 is 0 Å². The Bertz CT molecular complexity index is 1310. The van der Waals surface area contributed by atoms with Gasteiger partial charge in [0.05, 0.1) is 4.90 Å². The molecule has 0 saturated carbocycles. The summed E-state index contributed by atoms with van der Waals surface area (Å²) in [6, 6.07) is 16.8. The highest BCUT2D eigenvalue weighted by Crippen LogP contribution is 2.32. The number of thioether (sulfide) groups is 1. The number of aromatic nitrogens is 3. The van der Waals surface area contributed by atoms with Crippen molar-refractivity contribution < 1.29 is 8.42 Å². The van der Waals surface area contributed by atoms with E-state index in [-0.39, 0.29) is 11.4 Å². The minimum Gasteiger partial charge on any atom is -0.264 e. The SMILES string of the molecule is CSc1nnc(-c2ccc(C)c(S(=O)(=O)NCc3cccnc3)c2)c2ccccc12. The van der Waals surface area contributed by atoms with E-state index in [1.54, 1.807) is 37.5 Å². The second kappa shape index (κ2) is 8.51. The fourth-order valence-electron chi connectivity index (χ4n) is 3.24. The van der Waals surface area contributed by atoms with Crippen molar-refractivity contribution in [3.8, 4) is 11.3 Å². The van der Waals surface area contributed by atoms with Crippen molar-refractivity contribution in [2.24, 2.45) is 0 Å². The summed E-state index contributed by atoms with van der Waals surface area (Å²) in [5.74, 6) is 0. The average molecular weight is 437 g/mol. The summed E-state index contributed by atoms with van der Waals surface area (Å²) < 4.78 is 28.7. The highest BCUT2D eigenvalue weighted by atomic mass is 32.2. The van der Waals surface area contributed by atoms with Gasteiger partial charge in [-0.15, -0.1) is 22.0 Å². The first kappa shape index (κ1) is 20.5. The van der Waals surface area contributed by atoms with Gasteiger partial charge in [-0.25, -0.2) is 13.1 Å². The predicted molar refractivity (Wildman–Crippen MR) is 120 cm³/mol. The van der Waals surface area contributed by atoms with Crippen molar-refractivity contribution >= 4 is 32.6 Å². The molecular weight excluding hydrogens is 416 g/mol. The minimum atomic E-state index is -3.72. The van der Waals surface area contributed by atoms with E-state index in [1.165, 1.54) is 11.8 Å². The van der Waals surface area contributed by atoms with Crippen LogP contribution in [-0.4, -0.2) is 29.9 Å². The number of hydrogen-bond donors (Lipinski definition) is 1. The number of benzene rings is 2. The number of aryl methyl sites for hydroxylation is 1. The van der Waals surface area contributed by atoms with Crippen molar-refractivity contribution in [1.82, 2.24) is 19.9 Å². The van der Waals surface area contributed by atoms with Crippen molar-refractivity contribution in [2.75, 3.05) is 6.26 Å². The van der Waals surface area contributed by atoms with Crippen LogP contribution in [-0.2, 0) is 16.6 Å². The third-order valence-electron chi connectivity index (χ3n) is 4.79. The molecular formula is C22H20N4O2S2. The van der Waals surface area contributed by atoms with Gasteiger partial charge >= 0.3 is 0 Å². The van der Waals surface area contributed by atoms with Gasteiger partial charge in [0.25, 0.3) is 0 Å². The molecule has 30 heavy (non-hydrogen) atoms. The number of sulfonamides is 1. The predicted octanol–water partition coefficient (Wildman–Crippen LogP) is 4.20. The van der Waals surface area contributed by atoms with Crippen LogP contribution in [0.25, 0.3) is 22.0 Å². The topological polar surface area (TPSA) is 84.8 Å². The maximum atomic E-state index is 13.0. The summed E-state index contributed by atoms with van der Waals surface area (Å²) in [5.41, 5.74) is 2.82. The molecule has 2 aromatic heterocycles. The lowest BCUT2D eigenvalue weighted by atomic mass is 10.0. The van der Waals surface area contributed by atoms with Crippen molar-refractivity contribution in [1.29, 1.82) is 0 Å². The second-order valence-electron chi connectivity index (χ2n) is 6.77. The number of rotatable bonds is 6. The molecule has 0 unspecified atom stereocenters. The van der Waals surface area contributed by atoms with Crippen LogP contribution in [0.3, 0.4) is 0 Å². The van der Waals surface area contributed by atoms with Gasteiger partial charge in [0.15, 0.2) is 0 Å². The van der Waals surface area contributed by atoms with Crippen LogP contribution >= 0.6 is 11.8 Å². The molecule has 0 aliphatic rings. The average Bonchev–Trinajstić information content (AvgIpc) is 2.78. The largest absolute Gasteiger partial charge is 0.264 e. The summed E-state index contributed by atoms with van der Waals surface area (Å²) in [5, 5.41) is 11.5. The molecule has 0 aliphatic heterocycles. The maximum absolute atomic E-state index is 13.0. The Balaban J connectivity index is 1.75. The quantitative estimate of drug-likeness (QED) is 0.456. The van der Waals surface area contributed by atoms with Crippen LogP contribution in [0.15, 0.2) is 76.9 Å². The summed E-state index contributed by atoms with van der Waals surface area (Å²) in [6.07, 6.45) is 5.25. The molecule has 0 atom stereocenters. The zero-order valence-corrected chi connectivity index (χ0v) is 18.2. The van der Waals surface area contributed by atoms with Gasteiger partial charge in [0, 0.05) is 35.3 Å². The van der Waals surface area contributed by atoms with E-state index in [4.69, 9.17) is 0 Å². The van der Waals surface area contributed by atoms with Gasteiger partial charge in [-0.1, -0.05) is 42.5 Å². The first-order valence-corrected chi connectivity index (χ1v) is 12.0. The Kier molecular flexibility index (Phi) is 5.80. The fraction of sp³-hybridized carbons (Fsp3) is 0.136. The first-order chi connectivity index (χ1) is 14.5. The summed E-state index contributed by atoms with van der Waals surface area (Å²) >= 11 is 1.53. The lowest BCUT2D eigenvalue weighted by molar-refractivity contribution is 0.580. The molecule has 2 heterocycles. The van der Waals surface area contributed by atoms with Crippen molar-refractivity contribution in [2.45, 2.75) is 23.4 Å². The van der Waals surface area contributed by atoms with Crippen LogP contribution in [0.4, 0.5) is 0 Å². The fourth-order valence-corrected chi connectivity index (χ4v) is 5.05. The smallest absolute Gasteiger partial charge is 0.241 e. The van der Waals surface area contributed by atoms with E-state index < -0.39 is 10.0 Å². The number of nitrogens with zero attached hydrogens (tertiary/aromatic N) is 3. The third-order valence-corrected chi connectivity index (χ3v) is 7.02. The summed E-state index contributed by atoms with van der Waals surface area (Å²) in [4.78, 5) is 4.25. The van der Waals surface area contributed by atoms with Crippen molar-refractivity contribution in [3.05, 3.63) is 78.1 Å². The molecule has 0 spiro atoms. The molecule has 0 bridgehead atoms. The molecule has 4 rings (SSSR count). The minimum absolute atomic E-state index is 0.172. The highest BCUT2D eigenvalue weighted by molar-refractivity contribution is 7.98. The zero-order chi connectivity index (χ0) is 21.1. The Morgan fingerprint density at radius 3 is 2.53 bits per heavy atom. The monoisotopic (exact) mass is 436 g/mol. The van der Waals surface area contributed by atoms with Crippen LogP contribution in [0.5, 0.6) is 0 Å². The molecule has 0 radical (unpaired) electrons. The summed E-state index contributed by atoms with van der Waals surface area (Å²) in [6.45, 7) is 1.95. The normalized spacial score (nSPS) is 11.7. The van der Waals surface area contributed by atoms with Crippen LogP contribution < -0.4 is 4.72 Å². The molecule has 8 heteroatoms. The van der Waals surface area contributed by atoms with E-state index in [0.717, 1.165) is 21.4 Å². The Morgan fingerprint density at radius 1 is 1.00 bits per heavy atom. The zero-order valence-electron chi connectivity index (χ0n) is 16.5. The van der Waals surface area contributed by atoms with E-state index in [1.807, 2.05) is 42.7 Å². The maximum Gasteiger partial charge on any atom is 0.241 e. The molecule has 4 aromatic rings. The van der Waals surface area contributed by atoms with Gasteiger partial charge in [-0.3, -0.25) is 4.98 Å². The molecule has 1 N–H and O–H groups in total. The Labute approximate surface area is 179 Å². The van der Waals surface area contributed by atoms with E-state index in [2.05, 4.69) is 19.9 Å². The Hall–Kier alpha value is -2.81. The molecule has 0 fully saturated rings. The van der Waals surface area contributed by atoms with E-state index in [0.29, 0.717) is 16.8 Å². The standard InChI is InChI=1S/C22H20N4O2S2/c1-15-9-10-17(21-18-7-3-4-8-19(18)22(29-2)26-25-21)12-20(15)30(27,28)24-14-16-6-5-11-23-13-16/h3-13,24H,14H2,1-2H3. The molecule has 0 amide bonds. The molecule has 152 valence electrons. The van der Waals surface area contributed by atoms with Crippen LogP contribution in [0.1, 0.15) is 11.1 Å². The second-order valence-corrected chi connectivity index (χ2v) is 9.30. The number of nitrogens with one attached hydrogen (secondary N) is 1. The van der Waals surface area contributed by atoms with Gasteiger partial charge in [0.1, 0.15) is 10.7 Å². The highest BCUT2D eigenvalue weighted by Gasteiger charge is 2.19.